The minimum Gasteiger partial charge on any atom is -0.433 e. The van der Waals surface area contributed by atoms with Crippen LogP contribution in [0.2, 0.25) is 0 Å². The summed E-state index contributed by atoms with van der Waals surface area (Å²) in [7, 11) is 0. The highest BCUT2D eigenvalue weighted by Crippen LogP contribution is 1.98. The molecular weight excluding hydrogens is 139 g/mol. The number of ether oxygens (including phenoxy) is 1. The Morgan fingerprint density at radius 2 is 2.30 bits per heavy atom. The van der Waals surface area contributed by atoms with E-state index >= 15 is 0 Å². The summed E-state index contributed by atoms with van der Waals surface area (Å²) in [5, 5.41) is 8.47. The molecule has 0 aromatic rings. The highest BCUT2D eigenvalue weighted by molar-refractivity contribution is 5.87. The van der Waals surface area contributed by atoms with E-state index in [2.05, 4.69) is 4.74 Å². The molecule has 1 atom stereocenters. The quantitative estimate of drug-likeness (QED) is 0.357. The molecule has 0 fully saturated rings. The van der Waals surface area contributed by atoms with Crippen molar-refractivity contribution >= 4 is 5.97 Å². The van der Waals surface area contributed by atoms with Crippen molar-refractivity contribution in [2.45, 2.75) is 20.1 Å². The van der Waals surface area contributed by atoms with E-state index in [1.54, 1.807) is 0 Å². The first-order valence-electron chi connectivity index (χ1n) is 2.74. The van der Waals surface area contributed by atoms with E-state index in [1.165, 1.54) is 13.8 Å². The summed E-state index contributed by atoms with van der Waals surface area (Å²) in [6.45, 7) is 2.52. The zero-order valence-corrected chi connectivity index (χ0v) is 5.80. The van der Waals surface area contributed by atoms with Crippen LogP contribution in [0.25, 0.3) is 0 Å². The van der Waals surface area contributed by atoms with Gasteiger partial charge in [0, 0.05) is 0 Å². The fraction of sp³-hybridized carbons (Fsp3) is 0.500. The van der Waals surface area contributed by atoms with Gasteiger partial charge in [0.2, 0.25) is 0 Å². The Kier molecular flexibility index (Phi) is 3.64. The molecule has 1 N–H and O–H groups in total. The fourth-order valence-corrected chi connectivity index (χ4v) is 0.292. The summed E-state index contributed by atoms with van der Waals surface area (Å²) < 4.78 is 15.8. The van der Waals surface area contributed by atoms with Crippen LogP contribution in [0.1, 0.15) is 13.8 Å². The van der Waals surface area contributed by atoms with Gasteiger partial charge in [0.15, 0.2) is 6.29 Å². The molecule has 4 heteroatoms. The lowest BCUT2D eigenvalue weighted by molar-refractivity contribution is -0.159. The summed E-state index contributed by atoms with van der Waals surface area (Å²) in [6.07, 6.45) is -1.06. The Bertz CT molecular complexity index is 151. The van der Waals surface area contributed by atoms with Crippen LogP contribution in [0.5, 0.6) is 0 Å². The van der Waals surface area contributed by atoms with Crippen molar-refractivity contribution in [3.05, 3.63) is 11.9 Å². The van der Waals surface area contributed by atoms with Crippen LogP contribution >= 0.6 is 0 Å². The van der Waals surface area contributed by atoms with Gasteiger partial charge < -0.3 is 9.84 Å². The molecule has 10 heavy (non-hydrogen) atoms. The number of aliphatic hydroxyl groups excluding tert-OH is 1. The van der Waals surface area contributed by atoms with E-state index < -0.39 is 12.3 Å². The highest BCUT2D eigenvalue weighted by Gasteiger charge is 2.07. The second kappa shape index (κ2) is 4.00. The molecule has 0 saturated carbocycles. The highest BCUT2D eigenvalue weighted by atomic mass is 19.1. The third kappa shape index (κ3) is 3.19. The first-order chi connectivity index (χ1) is 4.57. The van der Waals surface area contributed by atoms with E-state index in [9.17, 15) is 9.18 Å². The van der Waals surface area contributed by atoms with Crippen LogP contribution in [0.3, 0.4) is 0 Å². The molecule has 0 rings (SSSR count). The van der Waals surface area contributed by atoms with Crippen LogP contribution in [-0.2, 0) is 9.53 Å². The van der Waals surface area contributed by atoms with Gasteiger partial charge in [-0.1, -0.05) is 0 Å². The molecule has 0 aromatic carbocycles. The van der Waals surface area contributed by atoms with Gasteiger partial charge >= 0.3 is 5.97 Å². The second-order valence-corrected chi connectivity index (χ2v) is 1.80. The largest absolute Gasteiger partial charge is 0.433 e. The standard InChI is InChI=1S/C6H9FO3/c1-4(3-7)6(9)10-5(2)8/h3,5,8H,1-2H3/b4-3+. The van der Waals surface area contributed by atoms with E-state index in [4.69, 9.17) is 5.11 Å². The molecule has 0 bridgehead atoms. The van der Waals surface area contributed by atoms with Gasteiger partial charge in [-0.05, 0) is 13.8 Å². The Morgan fingerprint density at radius 3 is 2.60 bits per heavy atom. The van der Waals surface area contributed by atoms with Crippen LogP contribution in [0, 0.1) is 0 Å². The molecule has 1 unspecified atom stereocenters. The molecule has 0 aliphatic carbocycles. The van der Waals surface area contributed by atoms with E-state index in [0.29, 0.717) is 0 Å². The predicted molar refractivity (Wildman–Crippen MR) is 32.6 cm³/mol. The van der Waals surface area contributed by atoms with Crippen molar-refractivity contribution < 1.29 is 19.0 Å². The number of rotatable bonds is 2. The molecule has 0 aliphatic rings. The molecule has 0 saturated heterocycles. The minimum atomic E-state index is -1.19. The molecule has 0 spiro atoms. The van der Waals surface area contributed by atoms with E-state index in [-0.39, 0.29) is 11.9 Å². The first-order valence-corrected chi connectivity index (χ1v) is 2.74. The van der Waals surface area contributed by atoms with Crippen molar-refractivity contribution in [1.82, 2.24) is 0 Å². The number of carbonyl (C=O) groups excluding carboxylic acids is 1. The smallest absolute Gasteiger partial charge is 0.338 e. The van der Waals surface area contributed by atoms with Crippen LogP contribution < -0.4 is 0 Å². The molecule has 0 heterocycles. The van der Waals surface area contributed by atoms with Crippen LogP contribution in [0.4, 0.5) is 4.39 Å². The lowest BCUT2D eigenvalue weighted by atomic mass is 10.3. The Morgan fingerprint density at radius 1 is 1.80 bits per heavy atom. The van der Waals surface area contributed by atoms with Gasteiger partial charge in [0.1, 0.15) is 0 Å². The molecule has 0 aliphatic heterocycles. The number of aliphatic hydroxyl groups is 1. The maximum Gasteiger partial charge on any atom is 0.338 e. The van der Waals surface area contributed by atoms with Crippen LogP contribution in [-0.4, -0.2) is 17.4 Å². The van der Waals surface area contributed by atoms with Crippen molar-refractivity contribution in [3.8, 4) is 0 Å². The van der Waals surface area contributed by atoms with Crippen LogP contribution in [0.15, 0.2) is 11.9 Å². The Balaban J connectivity index is 3.86. The Labute approximate surface area is 58.1 Å². The summed E-state index contributed by atoms with van der Waals surface area (Å²) in [5.41, 5.74) is -0.166. The third-order valence-electron chi connectivity index (χ3n) is 0.763. The summed E-state index contributed by atoms with van der Waals surface area (Å²) in [5.74, 6) is -0.850. The van der Waals surface area contributed by atoms with Crippen molar-refractivity contribution in [3.63, 3.8) is 0 Å². The van der Waals surface area contributed by atoms with Gasteiger partial charge in [-0.3, -0.25) is 0 Å². The average molecular weight is 148 g/mol. The topological polar surface area (TPSA) is 46.5 Å². The lowest BCUT2D eigenvalue weighted by Crippen LogP contribution is -2.14. The van der Waals surface area contributed by atoms with Gasteiger partial charge in [0.05, 0.1) is 11.9 Å². The minimum absolute atomic E-state index is 0.130. The predicted octanol–water partition coefficient (Wildman–Crippen LogP) is 0.741. The maximum absolute atomic E-state index is 11.5. The lowest BCUT2D eigenvalue weighted by Gasteiger charge is -2.04. The van der Waals surface area contributed by atoms with Crippen molar-refractivity contribution in [2.24, 2.45) is 0 Å². The maximum atomic E-state index is 11.5. The SMILES string of the molecule is C/C(=C\F)C(=O)OC(C)O. The zero-order chi connectivity index (χ0) is 8.15. The molecule has 58 valence electrons. The number of carbonyl (C=O) groups is 1. The van der Waals surface area contributed by atoms with Gasteiger partial charge in [-0.15, -0.1) is 0 Å². The second-order valence-electron chi connectivity index (χ2n) is 1.80. The summed E-state index contributed by atoms with van der Waals surface area (Å²) >= 11 is 0. The number of hydrogen-bond donors (Lipinski definition) is 1. The van der Waals surface area contributed by atoms with Gasteiger partial charge in [-0.25, -0.2) is 9.18 Å². The first kappa shape index (κ1) is 9.10. The van der Waals surface area contributed by atoms with E-state index in [1.807, 2.05) is 0 Å². The number of esters is 1. The third-order valence-corrected chi connectivity index (χ3v) is 0.763. The number of halogens is 1. The average Bonchev–Trinajstić information content (AvgIpc) is 1.85. The molecule has 0 radical (unpaired) electrons. The van der Waals surface area contributed by atoms with Crippen molar-refractivity contribution in [2.75, 3.05) is 0 Å². The van der Waals surface area contributed by atoms with Gasteiger partial charge in [-0.2, -0.15) is 0 Å². The molecule has 0 aromatic heterocycles. The van der Waals surface area contributed by atoms with Gasteiger partial charge in [0.25, 0.3) is 0 Å². The van der Waals surface area contributed by atoms with Crippen molar-refractivity contribution in [1.29, 1.82) is 0 Å². The van der Waals surface area contributed by atoms with E-state index in [0.717, 1.165) is 0 Å². The fourth-order valence-electron chi connectivity index (χ4n) is 0.292. The molecule has 3 nitrogen and oxygen atoms in total. The summed E-state index contributed by atoms with van der Waals surface area (Å²) in [4.78, 5) is 10.5. The summed E-state index contributed by atoms with van der Waals surface area (Å²) in [6, 6.07) is 0. The monoisotopic (exact) mass is 148 g/mol. The number of hydrogen-bond acceptors (Lipinski definition) is 3. The zero-order valence-electron chi connectivity index (χ0n) is 5.80. The molecular formula is C6H9FO3. The molecule has 0 amide bonds. The normalized spacial score (nSPS) is 14.6. The Hall–Kier alpha value is -0.900.